The van der Waals surface area contributed by atoms with Crippen LogP contribution in [0.25, 0.3) is 17.1 Å². The number of hydrogen-bond donors (Lipinski definition) is 1. The maximum absolute atomic E-state index is 12.4. The third kappa shape index (κ3) is 2.63. The van der Waals surface area contributed by atoms with Crippen LogP contribution in [-0.4, -0.2) is 33.6 Å². The Morgan fingerprint density at radius 2 is 2.14 bits per heavy atom. The summed E-state index contributed by atoms with van der Waals surface area (Å²) in [6, 6.07) is 9.27. The van der Waals surface area contributed by atoms with Gasteiger partial charge in [0.1, 0.15) is 5.56 Å². The lowest BCUT2D eigenvalue weighted by molar-refractivity contribution is 0.199. The number of aromatic nitrogens is 4. The van der Waals surface area contributed by atoms with E-state index in [1.165, 1.54) is 4.68 Å². The van der Waals surface area contributed by atoms with Crippen LogP contribution in [0.3, 0.4) is 0 Å². The summed E-state index contributed by atoms with van der Waals surface area (Å²) < 4.78 is 11.5. The van der Waals surface area contributed by atoms with Crippen molar-refractivity contribution >= 4 is 0 Å². The molecule has 0 radical (unpaired) electrons. The summed E-state index contributed by atoms with van der Waals surface area (Å²) in [6.07, 6.45) is 2.10. The predicted octanol–water partition coefficient (Wildman–Crippen LogP) is 1.40. The maximum Gasteiger partial charge on any atom is 0.284 e. The van der Waals surface area contributed by atoms with Crippen LogP contribution in [0.1, 0.15) is 5.82 Å². The zero-order valence-corrected chi connectivity index (χ0v) is 11.4. The second-order valence-corrected chi connectivity index (χ2v) is 4.42. The Morgan fingerprint density at radius 1 is 1.33 bits per heavy atom. The fourth-order valence-corrected chi connectivity index (χ4v) is 1.95. The highest BCUT2D eigenvalue weighted by atomic mass is 16.5. The Hall–Kier alpha value is -2.67. The van der Waals surface area contributed by atoms with Crippen LogP contribution < -0.4 is 5.56 Å². The molecule has 0 bridgehead atoms. The number of para-hydroxylation sites is 1. The first-order valence-electron chi connectivity index (χ1n) is 6.47. The first-order valence-corrected chi connectivity index (χ1v) is 6.47. The van der Waals surface area contributed by atoms with Gasteiger partial charge in [0.25, 0.3) is 11.4 Å². The highest BCUT2D eigenvalue weighted by Crippen LogP contribution is 2.13. The van der Waals surface area contributed by atoms with Crippen molar-refractivity contribution in [2.75, 3.05) is 13.7 Å². The number of methoxy groups -OCH3 is 1. The molecule has 21 heavy (non-hydrogen) atoms. The molecule has 0 aliphatic heterocycles. The minimum Gasteiger partial charge on any atom is -0.384 e. The van der Waals surface area contributed by atoms with Crippen molar-refractivity contribution in [2.45, 2.75) is 6.42 Å². The van der Waals surface area contributed by atoms with Crippen LogP contribution in [0.4, 0.5) is 0 Å². The molecular formula is C14H14N4O3. The molecule has 0 aliphatic rings. The number of nitrogens with zero attached hydrogens (tertiary/aromatic N) is 3. The van der Waals surface area contributed by atoms with Crippen molar-refractivity contribution in [2.24, 2.45) is 0 Å². The van der Waals surface area contributed by atoms with E-state index in [1.807, 2.05) is 30.3 Å². The first-order chi connectivity index (χ1) is 10.3. The van der Waals surface area contributed by atoms with Crippen molar-refractivity contribution in [1.82, 2.24) is 19.9 Å². The van der Waals surface area contributed by atoms with E-state index in [0.717, 1.165) is 5.69 Å². The number of rotatable bonds is 5. The molecular weight excluding hydrogens is 272 g/mol. The van der Waals surface area contributed by atoms with Gasteiger partial charge in [-0.3, -0.25) is 9.89 Å². The smallest absolute Gasteiger partial charge is 0.284 e. The van der Waals surface area contributed by atoms with Gasteiger partial charge in [0.05, 0.1) is 12.3 Å². The van der Waals surface area contributed by atoms with Gasteiger partial charge in [-0.25, -0.2) is 4.68 Å². The number of nitrogens with one attached hydrogen (secondary N) is 1. The number of H-pyrrole nitrogens is 1. The lowest BCUT2D eigenvalue weighted by Crippen LogP contribution is -2.15. The molecule has 0 spiro atoms. The number of aromatic amines is 1. The topological polar surface area (TPSA) is 85.9 Å². The third-order valence-corrected chi connectivity index (χ3v) is 3.01. The molecule has 1 aromatic carbocycles. The molecule has 3 aromatic rings. The van der Waals surface area contributed by atoms with E-state index >= 15 is 0 Å². The van der Waals surface area contributed by atoms with Crippen molar-refractivity contribution < 1.29 is 9.26 Å². The number of benzene rings is 1. The SMILES string of the molecule is COCCc1noc(-c2c[nH]n(-c3ccccc3)c2=O)n1. The van der Waals surface area contributed by atoms with Crippen molar-refractivity contribution in [3.63, 3.8) is 0 Å². The lowest BCUT2D eigenvalue weighted by Gasteiger charge is -1.98. The predicted molar refractivity (Wildman–Crippen MR) is 75.3 cm³/mol. The van der Waals surface area contributed by atoms with E-state index < -0.39 is 0 Å². The monoisotopic (exact) mass is 286 g/mol. The lowest BCUT2D eigenvalue weighted by atomic mass is 10.3. The molecule has 1 N–H and O–H groups in total. The number of ether oxygens (including phenoxy) is 1. The Bertz CT molecular complexity index is 773. The van der Waals surface area contributed by atoms with Gasteiger partial charge in [0.15, 0.2) is 5.82 Å². The van der Waals surface area contributed by atoms with Gasteiger partial charge in [-0.1, -0.05) is 23.4 Å². The standard InChI is InChI=1S/C14H14N4O3/c1-20-8-7-12-16-13(21-17-12)11-9-15-18(14(11)19)10-5-3-2-4-6-10/h2-6,9,15H,7-8H2,1H3. The molecule has 7 nitrogen and oxygen atoms in total. The molecule has 3 rings (SSSR count). The molecule has 0 aliphatic carbocycles. The van der Waals surface area contributed by atoms with Gasteiger partial charge in [0, 0.05) is 19.7 Å². The second kappa shape index (κ2) is 5.76. The van der Waals surface area contributed by atoms with Gasteiger partial charge in [-0.2, -0.15) is 4.98 Å². The minimum absolute atomic E-state index is 0.206. The highest BCUT2D eigenvalue weighted by Gasteiger charge is 2.16. The molecule has 0 saturated heterocycles. The van der Waals surface area contributed by atoms with Crippen LogP contribution in [0, 0.1) is 0 Å². The Morgan fingerprint density at radius 3 is 2.90 bits per heavy atom. The van der Waals surface area contributed by atoms with E-state index in [9.17, 15) is 4.79 Å². The average molecular weight is 286 g/mol. The van der Waals surface area contributed by atoms with E-state index in [0.29, 0.717) is 24.4 Å². The molecule has 2 heterocycles. The van der Waals surface area contributed by atoms with Gasteiger partial charge in [-0.15, -0.1) is 0 Å². The quantitative estimate of drug-likeness (QED) is 0.766. The molecule has 0 saturated carbocycles. The van der Waals surface area contributed by atoms with Gasteiger partial charge in [0.2, 0.25) is 0 Å². The summed E-state index contributed by atoms with van der Waals surface area (Å²) in [5.74, 6) is 0.718. The zero-order valence-electron chi connectivity index (χ0n) is 11.4. The highest BCUT2D eigenvalue weighted by molar-refractivity contribution is 5.51. The maximum atomic E-state index is 12.4. The first kappa shape index (κ1) is 13.3. The molecule has 7 heteroatoms. The summed E-state index contributed by atoms with van der Waals surface area (Å²) >= 11 is 0. The van der Waals surface area contributed by atoms with Crippen molar-refractivity contribution in [3.05, 3.63) is 52.7 Å². The van der Waals surface area contributed by atoms with Crippen molar-refractivity contribution in [3.8, 4) is 17.1 Å². The summed E-state index contributed by atoms with van der Waals surface area (Å²) in [7, 11) is 1.60. The minimum atomic E-state index is -0.233. The summed E-state index contributed by atoms with van der Waals surface area (Å²) in [5.41, 5.74) is 0.853. The Labute approximate surface area is 120 Å². The summed E-state index contributed by atoms with van der Waals surface area (Å²) in [5, 5.41) is 6.72. The van der Waals surface area contributed by atoms with Crippen LogP contribution in [0.15, 0.2) is 45.8 Å². The summed E-state index contributed by atoms with van der Waals surface area (Å²) in [6.45, 7) is 0.500. The molecule has 108 valence electrons. The Kier molecular flexibility index (Phi) is 3.65. The normalized spacial score (nSPS) is 10.9. The molecule has 0 atom stereocenters. The largest absolute Gasteiger partial charge is 0.384 e. The fourth-order valence-electron chi connectivity index (χ4n) is 1.95. The van der Waals surface area contributed by atoms with Crippen molar-refractivity contribution in [1.29, 1.82) is 0 Å². The fraction of sp³-hybridized carbons (Fsp3) is 0.214. The Balaban J connectivity index is 1.92. The van der Waals surface area contributed by atoms with Crippen LogP contribution >= 0.6 is 0 Å². The van der Waals surface area contributed by atoms with Crippen LogP contribution in [-0.2, 0) is 11.2 Å². The van der Waals surface area contributed by atoms with E-state index in [2.05, 4.69) is 15.2 Å². The van der Waals surface area contributed by atoms with Gasteiger partial charge in [-0.05, 0) is 12.1 Å². The van der Waals surface area contributed by atoms with Gasteiger partial charge < -0.3 is 9.26 Å². The van der Waals surface area contributed by atoms with Crippen LogP contribution in [0.5, 0.6) is 0 Å². The number of hydrogen-bond acceptors (Lipinski definition) is 5. The van der Waals surface area contributed by atoms with Gasteiger partial charge >= 0.3 is 0 Å². The second-order valence-electron chi connectivity index (χ2n) is 4.42. The molecule has 0 amide bonds. The molecule has 2 aromatic heterocycles. The summed E-state index contributed by atoms with van der Waals surface area (Å²) in [4.78, 5) is 16.6. The third-order valence-electron chi connectivity index (χ3n) is 3.01. The van der Waals surface area contributed by atoms with E-state index in [-0.39, 0.29) is 11.4 Å². The zero-order chi connectivity index (χ0) is 14.7. The average Bonchev–Trinajstić information content (AvgIpc) is 3.12. The molecule has 0 fully saturated rings. The molecule has 0 unspecified atom stereocenters. The van der Waals surface area contributed by atoms with E-state index in [4.69, 9.17) is 9.26 Å². The van der Waals surface area contributed by atoms with Crippen LogP contribution in [0.2, 0.25) is 0 Å². The van der Waals surface area contributed by atoms with E-state index in [1.54, 1.807) is 13.3 Å².